The van der Waals surface area contributed by atoms with Gasteiger partial charge in [-0.05, 0) is 55.5 Å². The molecule has 146 valence electrons. The van der Waals surface area contributed by atoms with Gasteiger partial charge in [-0.1, -0.05) is 19.1 Å². The molecule has 1 aliphatic carbocycles. The summed E-state index contributed by atoms with van der Waals surface area (Å²) < 4.78 is 14.4. The van der Waals surface area contributed by atoms with Crippen molar-refractivity contribution in [3.8, 4) is 17.2 Å². The molecule has 0 radical (unpaired) electrons. The molecular formula is C23H22FN5. The number of rotatable bonds is 5. The number of aryl methyl sites for hydroxylation is 1. The van der Waals surface area contributed by atoms with E-state index in [-0.39, 0.29) is 11.2 Å². The van der Waals surface area contributed by atoms with Gasteiger partial charge in [-0.25, -0.2) is 14.4 Å². The molecule has 1 aromatic carbocycles. The van der Waals surface area contributed by atoms with Crippen LogP contribution in [-0.4, -0.2) is 21.5 Å². The van der Waals surface area contributed by atoms with Crippen molar-refractivity contribution in [2.24, 2.45) is 5.92 Å². The lowest BCUT2D eigenvalue weighted by Crippen LogP contribution is -2.47. The monoisotopic (exact) mass is 387 g/mol. The Hall–Kier alpha value is -3.33. The highest BCUT2D eigenvalue weighted by Crippen LogP contribution is 2.47. The molecule has 0 bridgehead atoms. The Morgan fingerprint density at radius 2 is 1.97 bits per heavy atom. The van der Waals surface area contributed by atoms with Crippen LogP contribution in [0.15, 0.2) is 48.8 Å². The first-order valence-corrected chi connectivity index (χ1v) is 9.70. The molecule has 0 aliphatic heterocycles. The molecule has 29 heavy (non-hydrogen) atoms. The Bertz CT molecular complexity index is 1070. The predicted molar refractivity (Wildman–Crippen MR) is 110 cm³/mol. The van der Waals surface area contributed by atoms with Crippen molar-refractivity contribution in [1.29, 1.82) is 5.26 Å². The summed E-state index contributed by atoms with van der Waals surface area (Å²) in [5, 5.41) is 12.2. The molecule has 5 nitrogen and oxygen atoms in total. The number of benzene rings is 1. The van der Waals surface area contributed by atoms with E-state index in [1.807, 2.05) is 19.1 Å². The summed E-state index contributed by atoms with van der Waals surface area (Å²) in [5.74, 6) is 0.809. The predicted octanol–water partition coefficient (Wildman–Crippen LogP) is 4.64. The van der Waals surface area contributed by atoms with Crippen molar-refractivity contribution in [2.45, 2.75) is 32.1 Å². The fourth-order valence-electron chi connectivity index (χ4n) is 4.28. The summed E-state index contributed by atoms with van der Waals surface area (Å²) in [6.07, 6.45) is 5.20. The van der Waals surface area contributed by atoms with Crippen LogP contribution in [0.2, 0.25) is 0 Å². The van der Waals surface area contributed by atoms with Gasteiger partial charge in [0, 0.05) is 29.9 Å². The second-order valence-corrected chi connectivity index (χ2v) is 7.86. The van der Waals surface area contributed by atoms with Crippen molar-refractivity contribution in [1.82, 2.24) is 15.0 Å². The summed E-state index contributed by atoms with van der Waals surface area (Å²) in [4.78, 5) is 13.4. The topological polar surface area (TPSA) is 74.5 Å². The van der Waals surface area contributed by atoms with Crippen molar-refractivity contribution in [3.05, 3.63) is 71.6 Å². The number of aromatic nitrogens is 3. The lowest BCUT2D eigenvalue weighted by molar-refractivity contribution is 0.159. The number of hydrogen-bond donors (Lipinski definition) is 1. The first-order chi connectivity index (χ1) is 14.0. The average Bonchev–Trinajstić information content (AvgIpc) is 2.71. The summed E-state index contributed by atoms with van der Waals surface area (Å²) in [6, 6.07) is 12.6. The van der Waals surface area contributed by atoms with Crippen LogP contribution in [0.1, 0.15) is 36.7 Å². The Morgan fingerprint density at radius 3 is 2.59 bits per heavy atom. The molecule has 0 saturated heterocycles. The number of nitrogens with zero attached hydrogens (tertiary/aromatic N) is 4. The zero-order chi connectivity index (χ0) is 20.4. The molecule has 2 aromatic heterocycles. The minimum Gasteiger partial charge on any atom is -0.353 e. The quantitative estimate of drug-likeness (QED) is 0.690. The van der Waals surface area contributed by atoms with Crippen LogP contribution in [-0.2, 0) is 5.41 Å². The number of hydrogen-bond acceptors (Lipinski definition) is 5. The van der Waals surface area contributed by atoms with Gasteiger partial charge in [-0.2, -0.15) is 5.26 Å². The maximum Gasteiger partial charge on any atom is 0.222 e. The molecule has 1 saturated carbocycles. The smallest absolute Gasteiger partial charge is 0.222 e. The van der Waals surface area contributed by atoms with Gasteiger partial charge < -0.3 is 5.32 Å². The highest BCUT2D eigenvalue weighted by Gasteiger charge is 2.46. The molecule has 1 fully saturated rings. The van der Waals surface area contributed by atoms with Crippen molar-refractivity contribution < 1.29 is 4.39 Å². The molecular weight excluding hydrogens is 365 g/mol. The molecule has 0 spiro atoms. The van der Waals surface area contributed by atoms with E-state index in [0.29, 0.717) is 29.7 Å². The normalized spacial score (nSPS) is 20.6. The highest BCUT2D eigenvalue weighted by atomic mass is 19.1. The lowest BCUT2D eigenvalue weighted by Gasteiger charge is -2.46. The van der Waals surface area contributed by atoms with Gasteiger partial charge in [0.25, 0.3) is 0 Å². The number of halogens is 1. The fourth-order valence-corrected chi connectivity index (χ4v) is 4.28. The maximum absolute atomic E-state index is 14.4. The van der Waals surface area contributed by atoms with Crippen LogP contribution in [0.5, 0.6) is 0 Å². The van der Waals surface area contributed by atoms with Crippen molar-refractivity contribution in [3.63, 3.8) is 0 Å². The Balaban J connectivity index is 1.53. The van der Waals surface area contributed by atoms with E-state index in [0.717, 1.165) is 29.7 Å². The van der Waals surface area contributed by atoms with Gasteiger partial charge in [0.05, 0.1) is 23.0 Å². The summed E-state index contributed by atoms with van der Waals surface area (Å²) >= 11 is 0. The molecule has 0 amide bonds. The maximum atomic E-state index is 14.4. The SMILES string of the molecule is Cc1nc(NCC2(c3ncccc3F)CC(C)C2)ncc1-c1ccc(C#N)cc1. The minimum absolute atomic E-state index is 0.255. The fraction of sp³-hybridized carbons (Fsp3) is 0.304. The zero-order valence-corrected chi connectivity index (χ0v) is 16.5. The number of anilines is 1. The van der Waals surface area contributed by atoms with Crippen molar-refractivity contribution >= 4 is 5.95 Å². The van der Waals surface area contributed by atoms with Crippen LogP contribution in [0, 0.1) is 30.0 Å². The van der Waals surface area contributed by atoms with Gasteiger partial charge in [0.1, 0.15) is 5.82 Å². The number of nitrogens with one attached hydrogen (secondary N) is 1. The van der Waals surface area contributed by atoms with E-state index in [9.17, 15) is 4.39 Å². The lowest BCUT2D eigenvalue weighted by atomic mass is 9.60. The first kappa shape index (κ1) is 19.0. The standard InChI is InChI=1S/C23H22FN5/c1-15-10-23(11-15,21-20(24)4-3-9-26-21)14-28-22-27-13-19(16(2)29-22)18-7-5-17(12-25)6-8-18/h3-9,13,15H,10-11,14H2,1-2H3,(H,27,28,29). The third kappa shape index (κ3) is 3.68. The second-order valence-electron chi connectivity index (χ2n) is 7.86. The molecule has 1 N–H and O–H groups in total. The van der Waals surface area contributed by atoms with E-state index < -0.39 is 0 Å². The minimum atomic E-state index is -0.326. The van der Waals surface area contributed by atoms with E-state index in [1.54, 1.807) is 30.6 Å². The van der Waals surface area contributed by atoms with E-state index in [4.69, 9.17) is 5.26 Å². The van der Waals surface area contributed by atoms with Gasteiger partial charge in [0.2, 0.25) is 5.95 Å². The zero-order valence-electron chi connectivity index (χ0n) is 16.5. The van der Waals surface area contributed by atoms with Gasteiger partial charge in [-0.3, -0.25) is 4.98 Å². The number of nitriles is 1. The summed E-state index contributed by atoms with van der Waals surface area (Å²) in [6.45, 7) is 4.65. The van der Waals surface area contributed by atoms with E-state index in [2.05, 4.69) is 33.3 Å². The van der Waals surface area contributed by atoms with E-state index in [1.165, 1.54) is 6.07 Å². The van der Waals surface area contributed by atoms with Crippen LogP contribution in [0.4, 0.5) is 10.3 Å². The van der Waals surface area contributed by atoms with Crippen LogP contribution >= 0.6 is 0 Å². The van der Waals surface area contributed by atoms with Gasteiger partial charge in [-0.15, -0.1) is 0 Å². The molecule has 0 unspecified atom stereocenters. The third-order valence-electron chi connectivity index (χ3n) is 5.63. The van der Waals surface area contributed by atoms with Crippen LogP contribution < -0.4 is 5.32 Å². The molecule has 4 rings (SSSR count). The Morgan fingerprint density at radius 1 is 1.21 bits per heavy atom. The molecule has 2 heterocycles. The molecule has 1 aliphatic rings. The second kappa shape index (κ2) is 7.59. The Kier molecular flexibility index (Phi) is 4.98. The van der Waals surface area contributed by atoms with Gasteiger partial charge in [0.15, 0.2) is 0 Å². The largest absolute Gasteiger partial charge is 0.353 e. The van der Waals surface area contributed by atoms with Crippen molar-refractivity contribution in [2.75, 3.05) is 11.9 Å². The molecule has 0 atom stereocenters. The highest BCUT2D eigenvalue weighted by molar-refractivity contribution is 5.66. The molecule has 3 aromatic rings. The van der Waals surface area contributed by atoms with Gasteiger partial charge >= 0.3 is 0 Å². The first-order valence-electron chi connectivity index (χ1n) is 9.70. The third-order valence-corrected chi connectivity index (χ3v) is 5.63. The van der Waals surface area contributed by atoms with E-state index >= 15 is 0 Å². The summed E-state index contributed by atoms with van der Waals surface area (Å²) in [7, 11) is 0. The van der Waals surface area contributed by atoms with Crippen LogP contribution in [0.3, 0.4) is 0 Å². The Labute approximate surface area is 169 Å². The van der Waals surface area contributed by atoms with Crippen LogP contribution in [0.25, 0.3) is 11.1 Å². The molecule has 6 heteroatoms. The number of pyridine rings is 1. The average molecular weight is 387 g/mol. The summed E-state index contributed by atoms with van der Waals surface area (Å²) in [5.41, 5.74) is 3.54.